The van der Waals surface area contributed by atoms with Crippen LogP contribution in [0.2, 0.25) is 0 Å². The number of rotatable bonds is 3. The molecule has 0 unspecified atom stereocenters. The Bertz CT molecular complexity index is 517. The van der Waals surface area contributed by atoms with Gasteiger partial charge in [-0.25, -0.2) is 4.52 Å². The van der Waals surface area contributed by atoms with Crippen LogP contribution in [-0.2, 0) is 6.54 Å². The highest BCUT2D eigenvalue weighted by atomic mass is 15.3. The second-order valence-electron chi connectivity index (χ2n) is 4.10. The lowest BCUT2D eigenvalue weighted by molar-refractivity contribution is 0.861. The molecule has 0 amide bonds. The average Bonchev–Trinajstić information content (AvgIpc) is 2.84. The molecule has 1 aliphatic carbocycles. The average molecular weight is 203 g/mol. The molecule has 1 saturated carbocycles. The summed E-state index contributed by atoms with van der Waals surface area (Å²) in [5, 5.41) is 11.8. The summed E-state index contributed by atoms with van der Waals surface area (Å²) >= 11 is 0. The van der Waals surface area contributed by atoms with E-state index in [1.54, 1.807) is 0 Å². The van der Waals surface area contributed by atoms with Gasteiger partial charge in [0.1, 0.15) is 11.5 Å². The molecule has 2 aromatic rings. The molecule has 0 spiro atoms. The van der Waals surface area contributed by atoms with Crippen molar-refractivity contribution in [3.05, 3.63) is 24.2 Å². The minimum Gasteiger partial charge on any atom is -0.386 e. The van der Waals surface area contributed by atoms with E-state index in [9.17, 15) is 0 Å². The van der Waals surface area contributed by atoms with Crippen molar-refractivity contribution < 1.29 is 0 Å². The van der Waals surface area contributed by atoms with Crippen molar-refractivity contribution in [2.24, 2.45) is 5.73 Å². The first-order valence-corrected chi connectivity index (χ1v) is 5.11. The van der Waals surface area contributed by atoms with Crippen LogP contribution in [0.4, 0.5) is 0 Å². The zero-order valence-electron chi connectivity index (χ0n) is 8.35. The summed E-state index contributed by atoms with van der Waals surface area (Å²) in [5.74, 6) is 0.831. The molecule has 3 rings (SSSR count). The van der Waals surface area contributed by atoms with Crippen molar-refractivity contribution in [2.75, 3.05) is 0 Å². The first kappa shape index (κ1) is 8.52. The van der Waals surface area contributed by atoms with Crippen molar-refractivity contribution in [1.29, 1.82) is 5.41 Å². The summed E-state index contributed by atoms with van der Waals surface area (Å²) in [7, 11) is 0. The van der Waals surface area contributed by atoms with Gasteiger partial charge in [0.25, 0.3) is 0 Å². The van der Waals surface area contributed by atoms with Crippen LogP contribution in [0.5, 0.6) is 0 Å². The van der Waals surface area contributed by atoms with Crippen LogP contribution >= 0.6 is 0 Å². The fourth-order valence-electron chi connectivity index (χ4n) is 1.84. The second kappa shape index (κ2) is 2.85. The molecular weight excluding hydrogens is 190 g/mol. The summed E-state index contributed by atoms with van der Waals surface area (Å²) in [5.41, 5.74) is 7.58. The summed E-state index contributed by atoms with van der Waals surface area (Å²) in [6.07, 6.45) is 6.32. The molecule has 3 N–H and O–H groups in total. The van der Waals surface area contributed by atoms with E-state index in [1.165, 1.54) is 18.5 Å². The maximum Gasteiger partial charge on any atom is 0.136 e. The molecule has 78 valence electrons. The number of nitrogens with two attached hydrogens (primary N) is 1. The van der Waals surface area contributed by atoms with Crippen molar-refractivity contribution in [1.82, 2.24) is 14.2 Å². The van der Waals surface area contributed by atoms with Gasteiger partial charge in [0.2, 0.25) is 0 Å². The number of aromatic nitrogens is 3. The Morgan fingerprint density at radius 1 is 1.53 bits per heavy atom. The van der Waals surface area contributed by atoms with Crippen LogP contribution < -0.4 is 5.73 Å². The number of fused-ring (bicyclic) bond motifs is 1. The minimum atomic E-state index is 0.169. The van der Waals surface area contributed by atoms with Gasteiger partial charge in [0.15, 0.2) is 0 Å². The number of nitrogens with one attached hydrogen (secondary N) is 1. The molecule has 0 radical (unpaired) electrons. The molecule has 5 heteroatoms. The van der Waals surface area contributed by atoms with Crippen molar-refractivity contribution >= 4 is 11.5 Å². The quantitative estimate of drug-likeness (QED) is 0.575. The molecule has 0 saturated heterocycles. The zero-order chi connectivity index (χ0) is 10.4. The third kappa shape index (κ3) is 1.40. The molecule has 2 heterocycles. The maximum atomic E-state index is 7.28. The Morgan fingerprint density at radius 2 is 2.33 bits per heavy atom. The lowest BCUT2D eigenvalue weighted by atomic mass is 10.3. The lowest BCUT2D eigenvalue weighted by Gasteiger charge is -1.99. The first-order valence-electron chi connectivity index (χ1n) is 5.11. The van der Waals surface area contributed by atoms with E-state index in [2.05, 4.69) is 11.2 Å². The van der Waals surface area contributed by atoms with Crippen molar-refractivity contribution in [3.63, 3.8) is 0 Å². The van der Waals surface area contributed by atoms with Crippen LogP contribution in [0.3, 0.4) is 0 Å². The minimum absolute atomic E-state index is 0.169. The van der Waals surface area contributed by atoms with Gasteiger partial charge in [-0.15, -0.1) is 0 Å². The number of amidine groups is 1. The first-order chi connectivity index (χ1) is 7.24. The van der Waals surface area contributed by atoms with Crippen LogP contribution in [0, 0.1) is 5.41 Å². The topological polar surface area (TPSA) is 72.1 Å². The van der Waals surface area contributed by atoms with Gasteiger partial charge in [0, 0.05) is 24.4 Å². The van der Waals surface area contributed by atoms with Gasteiger partial charge in [-0.3, -0.25) is 5.41 Å². The number of hydrogen-bond acceptors (Lipinski definition) is 2. The van der Waals surface area contributed by atoms with Crippen molar-refractivity contribution in [2.45, 2.75) is 25.3 Å². The molecule has 1 fully saturated rings. The van der Waals surface area contributed by atoms with Crippen LogP contribution in [0.1, 0.15) is 24.5 Å². The highest BCUT2D eigenvalue weighted by Crippen LogP contribution is 2.39. The van der Waals surface area contributed by atoms with Gasteiger partial charge in [-0.1, -0.05) is 0 Å². The normalized spacial score (nSPS) is 16.0. The molecule has 15 heavy (non-hydrogen) atoms. The standard InChI is InChI=1S/C10H13N5/c11-9(12)6-14-3-4-15-10(14)5-8(13-15)7-1-2-7/h3-5,7H,1-2,6H2,(H3,11,12). The molecule has 2 aromatic heterocycles. The van der Waals surface area contributed by atoms with E-state index in [1.807, 2.05) is 21.5 Å². The molecule has 0 aliphatic heterocycles. The Labute approximate surface area is 87.0 Å². The highest BCUT2D eigenvalue weighted by molar-refractivity contribution is 5.77. The van der Waals surface area contributed by atoms with Gasteiger partial charge < -0.3 is 10.3 Å². The summed E-state index contributed by atoms with van der Waals surface area (Å²) in [6.45, 7) is 0.437. The van der Waals surface area contributed by atoms with E-state index in [4.69, 9.17) is 11.1 Å². The highest BCUT2D eigenvalue weighted by Gasteiger charge is 2.26. The lowest BCUT2D eigenvalue weighted by Crippen LogP contribution is -2.17. The predicted octanol–water partition coefficient (Wildman–Crippen LogP) is 0.949. The van der Waals surface area contributed by atoms with Crippen molar-refractivity contribution in [3.8, 4) is 0 Å². The number of hydrogen-bond donors (Lipinski definition) is 2. The predicted molar refractivity (Wildman–Crippen MR) is 57.1 cm³/mol. The van der Waals surface area contributed by atoms with E-state index in [0.29, 0.717) is 12.5 Å². The number of imidazole rings is 1. The Hall–Kier alpha value is -1.78. The molecule has 1 aliphatic rings. The summed E-state index contributed by atoms with van der Waals surface area (Å²) in [6, 6.07) is 2.10. The largest absolute Gasteiger partial charge is 0.386 e. The zero-order valence-corrected chi connectivity index (χ0v) is 8.35. The molecule has 5 nitrogen and oxygen atoms in total. The third-order valence-corrected chi connectivity index (χ3v) is 2.75. The fourth-order valence-corrected chi connectivity index (χ4v) is 1.84. The third-order valence-electron chi connectivity index (χ3n) is 2.75. The van der Waals surface area contributed by atoms with Gasteiger partial charge in [-0.2, -0.15) is 5.10 Å². The SMILES string of the molecule is N=C(N)Cn1ccn2nc(C3CC3)cc12. The molecule has 0 aromatic carbocycles. The molecule has 0 atom stereocenters. The fraction of sp³-hybridized carbons (Fsp3) is 0.400. The van der Waals surface area contributed by atoms with Crippen LogP contribution in [0.15, 0.2) is 18.5 Å². The van der Waals surface area contributed by atoms with Gasteiger partial charge in [0.05, 0.1) is 12.2 Å². The Balaban J connectivity index is 2.03. The monoisotopic (exact) mass is 203 g/mol. The van der Waals surface area contributed by atoms with Gasteiger partial charge in [-0.05, 0) is 12.8 Å². The maximum absolute atomic E-state index is 7.28. The van der Waals surface area contributed by atoms with E-state index in [-0.39, 0.29) is 5.84 Å². The van der Waals surface area contributed by atoms with E-state index in [0.717, 1.165) is 5.65 Å². The van der Waals surface area contributed by atoms with E-state index >= 15 is 0 Å². The summed E-state index contributed by atoms with van der Waals surface area (Å²) < 4.78 is 3.80. The second-order valence-corrected chi connectivity index (χ2v) is 4.10. The molecule has 0 bridgehead atoms. The Morgan fingerprint density at radius 3 is 3.00 bits per heavy atom. The number of nitrogens with zero attached hydrogens (tertiary/aromatic N) is 3. The summed E-state index contributed by atoms with van der Waals surface area (Å²) in [4.78, 5) is 0. The van der Waals surface area contributed by atoms with Crippen LogP contribution in [-0.4, -0.2) is 20.0 Å². The van der Waals surface area contributed by atoms with Crippen LogP contribution in [0.25, 0.3) is 5.65 Å². The smallest absolute Gasteiger partial charge is 0.136 e. The van der Waals surface area contributed by atoms with Gasteiger partial charge >= 0.3 is 0 Å². The van der Waals surface area contributed by atoms with E-state index < -0.39 is 0 Å². The molecular formula is C10H13N5. The Kier molecular flexibility index (Phi) is 1.62.